The zero-order chi connectivity index (χ0) is 13.5. The normalized spacial score (nSPS) is 10.4. The molecule has 2 rings (SSSR count). The highest BCUT2D eigenvalue weighted by atomic mass is 16.5. The second-order valence-corrected chi connectivity index (χ2v) is 4.02. The molecule has 2 aromatic rings. The van der Waals surface area contributed by atoms with E-state index in [1.807, 2.05) is 0 Å². The van der Waals surface area contributed by atoms with Crippen molar-refractivity contribution in [3.8, 4) is 12.0 Å². The Kier molecular flexibility index (Phi) is 4.66. The minimum absolute atomic E-state index is 0.333. The molecule has 0 spiro atoms. The van der Waals surface area contributed by atoms with E-state index < -0.39 is 0 Å². The first kappa shape index (κ1) is 13.3. The van der Waals surface area contributed by atoms with Crippen LogP contribution in [0.5, 0.6) is 6.01 Å². The van der Waals surface area contributed by atoms with E-state index in [1.54, 1.807) is 30.3 Å². The third-order valence-corrected chi connectivity index (χ3v) is 2.54. The molecule has 0 atom stereocenters. The second-order valence-electron chi connectivity index (χ2n) is 4.02. The van der Waals surface area contributed by atoms with Gasteiger partial charge in [-0.3, -0.25) is 4.57 Å². The van der Waals surface area contributed by atoms with Gasteiger partial charge in [-0.05, 0) is 6.42 Å². The van der Waals surface area contributed by atoms with Crippen LogP contribution in [0.1, 0.15) is 26.2 Å². The van der Waals surface area contributed by atoms with Gasteiger partial charge in [0.15, 0.2) is 0 Å². The van der Waals surface area contributed by atoms with Crippen LogP contribution in [0, 0.1) is 0 Å². The number of unbranched alkanes of at least 4 members (excludes halogenated alkanes) is 2. The van der Waals surface area contributed by atoms with Gasteiger partial charge in [-0.25, -0.2) is 4.98 Å². The Morgan fingerprint density at radius 1 is 1.26 bits per heavy atom. The molecule has 0 bridgehead atoms. The van der Waals surface area contributed by atoms with Gasteiger partial charge >= 0.3 is 6.01 Å². The summed E-state index contributed by atoms with van der Waals surface area (Å²) < 4.78 is 7.26. The zero-order valence-electron chi connectivity index (χ0n) is 11.2. The molecule has 0 fully saturated rings. The van der Waals surface area contributed by atoms with E-state index in [0.717, 1.165) is 19.3 Å². The Morgan fingerprint density at radius 3 is 2.84 bits per heavy atom. The third kappa shape index (κ3) is 3.64. The number of imidazole rings is 1. The fraction of sp³-hybridized carbons (Fsp3) is 0.500. The summed E-state index contributed by atoms with van der Waals surface area (Å²) >= 11 is 0. The number of hydrogen-bond donors (Lipinski definition) is 1. The highest BCUT2D eigenvalue weighted by Gasteiger charge is 2.07. The molecule has 1 N–H and O–H groups in total. The maximum Gasteiger partial charge on any atom is 0.323 e. The Morgan fingerprint density at radius 2 is 2.16 bits per heavy atom. The molecule has 0 amide bonds. The highest BCUT2D eigenvalue weighted by molar-refractivity contribution is 5.29. The summed E-state index contributed by atoms with van der Waals surface area (Å²) in [5.41, 5.74) is 0. The molecule has 0 aliphatic carbocycles. The Labute approximate surface area is 112 Å². The molecule has 0 saturated heterocycles. The summed E-state index contributed by atoms with van der Waals surface area (Å²) in [5.74, 6) is 0.964. The Bertz CT molecular complexity index is 499. The summed E-state index contributed by atoms with van der Waals surface area (Å²) in [6, 6.07) is 0.333. The van der Waals surface area contributed by atoms with Gasteiger partial charge in [0.1, 0.15) is 6.33 Å². The molecule has 102 valence electrons. The van der Waals surface area contributed by atoms with Gasteiger partial charge in [0.05, 0.1) is 6.61 Å². The summed E-state index contributed by atoms with van der Waals surface area (Å²) in [7, 11) is 1.76. The lowest BCUT2D eigenvalue weighted by Gasteiger charge is -2.07. The minimum atomic E-state index is 0.333. The van der Waals surface area contributed by atoms with E-state index in [-0.39, 0.29) is 0 Å². The van der Waals surface area contributed by atoms with Crippen LogP contribution >= 0.6 is 0 Å². The number of rotatable bonds is 7. The van der Waals surface area contributed by atoms with Gasteiger partial charge in [-0.2, -0.15) is 15.0 Å². The van der Waals surface area contributed by atoms with E-state index in [9.17, 15) is 0 Å². The van der Waals surface area contributed by atoms with Crippen molar-refractivity contribution >= 4 is 5.95 Å². The van der Waals surface area contributed by atoms with Gasteiger partial charge < -0.3 is 10.1 Å². The summed E-state index contributed by atoms with van der Waals surface area (Å²) in [5, 5.41) is 2.90. The second kappa shape index (κ2) is 6.67. The van der Waals surface area contributed by atoms with E-state index in [0.29, 0.717) is 24.5 Å². The van der Waals surface area contributed by atoms with Gasteiger partial charge in [0.2, 0.25) is 11.9 Å². The number of ether oxygens (including phenoxy) is 1. The first-order valence-corrected chi connectivity index (χ1v) is 6.38. The molecule has 0 saturated carbocycles. The fourth-order valence-corrected chi connectivity index (χ4v) is 1.53. The van der Waals surface area contributed by atoms with Crippen LogP contribution in [0.25, 0.3) is 5.95 Å². The lowest BCUT2D eigenvalue weighted by atomic mass is 10.3. The molecule has 0 radical (unpaired) electrons. The molecular weight excluding hydrogens is 244 g/mol. The molecule has 0 aliphatic heterocycles. The monoisotopic (exact) mass is 262 g/mol. The van der Waals surface area contributed by atoms with Crippen LogP contribution in [0.3, 0.4) is 0 Å². The Balaban J connectivity index is 2.12. The SMILES string of the molecule is CCCCCOc1nc(NC)nc(-n2ccnc2)n1. The molecule has 19 heavy (non-hydrogen) atoms. The molecule has 2 heterocycles. The maximum atomic E-state index is 5.55. The number of anilines is 1. The smallest absolute Gasteiger partial charge is 0.323 e. The largest absolute Gasteiger partial charge is 0.463 e. The topological polar surface area (TPSA) is 77.8 Å². The molecule has 0 aliphatic rings. The molecule has 7 nitrogen and oxygen atoms in total. The molecule has 7 heteroatoms. The number of nitrogens with one attached hydrogen (secondary N) is 1. The lowest BCUT2D eigenvalue weighted by Crippen LogP contribution is -2.09. The highest BCUT2D eigenvalue weighted by Crippen LogP contribution is 2.11. The molecular formula is C12H18N6O. The van der Waals surface area contributed by atoms with Crippen LogP contribution in [-0.2, 0) is 0 Å². The summed E-state index contributed by atoms with van der Waals surface area (Å²) in [6.45, 7) is 2.77. The summed E-state index contributed by atoms with van der Waals surface area (Å²) in [4.78, 5) is 16.7. The van der Waals surface area contributed by atoms with E-state index in [1.165, 1.54) is 0 Å². The van der Waals surface area contributed by atoms with E-state index in [4.69, 9.17) is 4.74 Å². The number of nitrogens with zero attached hydrogens (tertiary/aromatic N) is 5. The fourth-order valence-electron chi connectivity index (χ4n) is 1.53. The number of hydrogen-bond acceptors (Lipinski definition) is 6. The van der Waals surface area contributed by atoms with Crippen molar-refractivity contribution in [3.05, 3.63) is 18.7 Å². The standard InChI is InChI=1S/C12H18N6O/c1-3-4-5-8-19-12-16-10(13-2)15-11(17-12)18-7-6-14-9-18/h6-7,9H,3-5,8H2,1-2H3,(H,13,15,16,17). The van der Waals surface area contributed by atoms with Gasteiger partial charge in [-0.15, -0.1) is 0 Å². The van der Waals surface area contributed by atoms with E-state index in [2.05, 4.69) is 32.2 Å². The predicted octanol–water partition coefficient (Wildman–Crippen LogP) is 1.67. The molecule has 0 unspecified atom stereocenters. The van der Waals surface area contributed by atoms with Crippen molar-refractivity contribution in [2.75, 3.05) is 19.0 Å². The van der Waals surface area contributed by atoms with Crippen molar-refractivity contribution < 1.29 is 4.74 Å². The first-order chi connectivity index (χ1) is 9.33. The average Bonchev–Trinajstić information content (AvgIpc) is 2.97. The third-order valence-electron chi connectivity index (χ3n) is 2.54. The van der Waals surface area contributed by atoms with E-state index >= 15 is 0 Å². The maximum absolute atomic E-state index is 5.55. The van der Waals surface area contributed by atoms with Crippen molar-refractivity contribution in [2.45, 2.75) is 26.2 Å². The lowest BCUT2D eigenvalue weighted by molar-refractivity contribution is 0.282. The van der Waals surface area contributed by atoms with Crippen molar-refractivity contribution in [2.24, 2.45) is 0 Å². The minimum Gasteiger partial charge on any atom is -0.463 e. The van der Waals surface area contributed by atoms with Gasteiger partial charge in [0.25, 0.3) is 0 Å². The van der Waals surface area contributed by atoms with Gasteiger partial charge in [-0.1, -0.05) is 19.8 Å². The molecule has 2 aromatic heterocycles. The summed E-state index contributed by atoms with van der Waals surface area (Å²) in [6.07, 6.45) is 8.37. The van der Waals surface area contributed by atoms with Crippen molar-refractivity contribution in [1.82, 2.24) is 24.5 Å². The quantitative estimate of drug-likeness (QED) is 0.765. The first-order valence-electron chi connectivity index (χ1n) is 6.38. The molecule has 0 aromatic carbocycles. The van der Waals surface area contributed by atoms with Crippen LogP contribution in [0.15, 0.2) is 18.7 Å². The van der Waals surface area contributed by atoms with Gasteiger partial charge in [0, 0.05) is 19.4 Å². The zero-order valence-corrected chi connectivity index (χ0v) is 11.2. The van der Waals surface area contributed by atoms with Crippen LogP contribution < -0.4 is 10.1 Å². The predicted molar refractivity (Wildman–Crippen MR) is 71.5 cm³/mol. The number of aromatic nitrogens is 5. The Hall–Kier alpha value is -2.18. The van der Waals surface area contributed by atoms with Crippen LogP contribution in [-0.4, -0.2) is 38.2 Å². The van der Waals surface area contributed by atoms with Crippen LogP contribution in [0.2, 0.25) is 0 Å². The van der Waals surface area contributed by atoms with Crippen molar-refractivity contribution in [3.63, 3.8) is 0 Å². The van der Waals surface area contributed by atoms with Crippen LogP contribution in [0.4, 0.5) is 5.95 Å². The van der Waals surface area contributed by atoms with Crippen molar-refractivity contribution in [1.29, 1.82) is 0 Å². The average molecular weight is 262 g/mol.